The van der Waals surface area contributed by atoms with Gasteiger partial charge in [-0.3, -0.25) is 4.90 Å². The van der Waals surface area contributed by atoms with Crippen LogP contribution in [-0.2, 0) is 4.74 Å². The number of likely N-dealkylation sites (tertiary alicyclic amines) is 1. The predicted molar refractivity (Wildman–Crippen MR) is 89.3 cm³/mol. The molecule has 0 aromatic carbocycles. The molecular weight excluding hydrogens is 262 g/mol. The van der Waals surface area contributed by atoms with Gasteiger partial charge in [0.15, 0.2) is 0 Å². The molecule has 0 bridgehead atoms. The zero-order valence-corrected chi connectivity index (χ0v) is 15.1. The third kappa shape index (κ3) is 5.88. The van der Waals surface area contributed by atoms with Crippen molar-refractivity contribution in [2.45, 2.75) is 85.4 Å². The second-order valence-corrected chi connectivity index (χ2v) is 7.97. The number of aliphatic hydroxyl groups excluding tert-OH is 1. The molecule has 1 aliphatic heterocycles. The van der Waals surface area contributed by atoms with Gasteiger partial charge in [-0.05, 0) is 43.4 Å². The molecule has 0 aromatic rings. The van der Waals surface area contributed by atoms with Crippen LogP contribution in [0.2, 0.25) is 0 Å². The fourth-order valence-corrected chi connectivity index (χ4v) is 3.48. The normalized spacial score (nSPS) is 25.3. The van der Waals surface area contributed by atoms with E-state index in [1.165, 1.54) is 0 Å². The Morgan fingerprint density at radius 2 is 1.67 bits per heavy atom. The molecule has 0 radical (unpaired) electrons. The Balaban J connectivity index is 2.53. The Hall–Kier alpha value is -0.120. The van der Waals surface area contributed by atoms with Crippen molar-refractivity contribution >= 4 is 0 Å². The van der Waals surface area contributed by atoms with Gasteiger partial charge in [-0.25, -0.2) is 0 Å². The highest BCUT2D eigenvalue weighted by Crippen LogP contribution is 2.31. The summed E-state index contributed by atoms with van der Waals surface area (Å²) in [6.45, 7) is 16.0. The van der Waals surface area contributed by atoms with E-state index in [0.29, 0.717) is 12.6 Å². The van der Waals surface area contributed by atoms with E-state index in [0.717, 1.165) is 45.2 Å². The van der Waals surface area contributed by atoms with Gasteiger partial charge in [0.2, 0.25) is 0 Å². The molecule has 21 heavy (non-hydrogen) atoms. The minimum atomic E-state index is -0.145. The van der Waals surface area contributed by atoms with Gasteiger partial charge in [-0.15, -0.1) is 0 Å². The van der Waals surface area contributed by atoms with Crippen LogP contribution in [0.25, 0.3) is 0 Å². The van der Waals surface area contributed by atoms with Gasteiger partial charge in [0.1, 0.15) is 0 Å². The number of aliphatic hydroxyl groups is 1. The summed E-state index contributed by atoms with van der Waals surface area (Å²) in [6, 6.07) is 0. The monoisotopic (exact) mass is 299 g/mol. The van der Waals surface area contributed by atoms with Crippen molar-refractivity contribution in [2.75, 3.05) is 19.8 Å². The van der Waals surface area contributed by atoms with Crippen molar-refractivity contribution in [3.8, 4) is 0 Å². The quantitative estimate of drug-likeness (QED) is 0.770. The Labute approximate surface area is 132 Å². The van der Waals surface area contributed by atoms with Gasteiger partial charge in [0.25, 0.3) is 0 Å². The lowest BCUT2D eigenvalue weighted by Crippen LogP contribution is -2.47. The Morgan fingerprint density at radius 1 is 1.10 bits per heavy atom. The number of ether oxygens (including phenoxy) is 1. The minimum Gasteiger partial charge on any atom is -0.393 e. The highest BCUT2D eigenvalue weighted by atomic mass is 16.5. The summed E-state index contributed by atoms with van der Waals surface area (Å²) in [6.07, 6.45) is 5.02. The molecule has 1 heterocycles. The van der Waals surface area contributed by atoms with E-state index >= 15 is 0 Å². The van der Waals surface area contributed by atoms with Crippen molar-refractivity contribution in [1.82, 2.24) is 4.90 Å². The molecule has 1 N–H and O–H groups in total. The lowest BCUT2D eigenvalue weighted by atomic mass is 9.80. The van der Waals surface area contributed by atoms with Crippen LogP contribution in [0.5, 0.6) is 0 Å². The number of rotatable bonds is 7. The standard InChI is InChI=1S/C18H37NO2/c1-7-18(8-2,9-3)21-14-19-11-10-16(20)15(13-19)12-17(4,5)6/h15-16,20H,7-14H2,1-6H3. The summed E-state index contributed by atoms with van der Waals surface area (Å²) in [5.41, 5.74) is 0.311. The first kappa shape index (κ1) is 18.9. The van der Waals surface area contributed by atoms with Crippen molar-refractivity contribution in [1.29, 1.82) is 0 Å². The molecule has 0 amide bonds. The summed E-state index contributed by atoms with van der Waals surface area (Å²) in [4.78, 5) is 2.39. The summed E-state index contributed by atoms with van der Waals surface area (Å²) < 4.78 is 6.27. The van der Waals surface area contributed by atoms with Crippen molar-refractivity contribution in [3.05, 3.63) is 0 Å². The van der Waals surface area contributed by atoms with Gasteiger partial charge >= 0.3 is 0 Å². The van der Waals surface area contributed by atoms with Crippen LogP contribution >= 0.6 is 0 Å². The zero-order valence-electron chi connectivity index (χ0n) is 15.1. The van der Waals surface area contributed by atoms with E-state index in [9.17, 15) is 5.11 Å². The number of piperidine rings is 1. The summed E-state index contributed by atoms with van der Waals surface area (Å²) in [7, 11) is 0. The van der Waals surface area contributed by atoms with E-state index in [-0.39, 0.29) is 17.1 Å². The molecule has 0 spiro atoms. The zero-order chi connectivity index (χ0) is 16.1. The number of nitrogens with zero attached hydrogens (tertiary/aromatic N) is 1. The third-order valence-corrected chi connectivity index (χ3v) is 5.14. The first-order chi connectivity index (χ1) is 9.75. The van der Waals surface area contributed by atoms with Gasteiger partial charge < -0.3 is 9.84 Å². The molecule has 0 saturated carbocycles. The van der Waals surface area contributed by atoms with Crippen LogP contribution in [0.4, 0.5) is 0 Å². The van der Waals surface area contributed by atoms with Crippen LogP contribution in [0.3, 0.4) is 0 Å². The topological polar surface area (TPSA) is 32.7 Å². The van der Waals surface area contributed by atoms with E-state index in [4.69, 9.17) is 4.74 Å². The molecule has 1 aliphatic rings. The van der Waals surface area contributed by atoms with E-state index in [2.05, 4.69) is 46.4 Å². The average Bonchev–Trinajstić information content (AvgIpc) is 2.43. The van der Waals surface area contributed by atoms with Crippen molar-refractivity contribution < 1.29 is 9.84 Å². The molecule has 1 fully saturated rings. The second kappa shape index (κ2) is 7.94. The van der Waals surface area contributed by atoms with Crippen LogP contribution in [0.15, 0.2) is 0 Å². The smallest absolute Gasteiger partial charge is 0.0997 e. The summed E-state index contributed by atoms with van der Waals surface area (Å²) in [5.74, 6) is 0.377. The van der Waals surface area contributed by atoms with Crippen LogP contribution < -0.4 is 0 Å². The maximum absolute atomic E-state index is 10.2. The maximum atomic E-state index is 10.2. The third-order valence-electron chi connectivity index (χ3n) is 5.14. The average molecular weight is 299 g/mol. The van der Waals surface area contributed by atoms with Gasteiger partial charge in [-0.2, -0.15) is 0 Å². The van der Waals surface area contributed by atoms with E-state index in [1.54, 1.807) is 0 Å². The lowest BCUT2D eigenvalue weighted by Gasteiger charge is -2.40. The molecule has 0 aliphatic carbocycles. The van der Waals surface area contributed by atoms with Gasteiger partial charge in [0, 0.05) is 13.1 Å². The molecule has 3 nitrogen and oxygen atoms in total. The largest absolute Gasteiger partial charge is 0.393 e. The molecule has 126 valence electrons. The SMILES string of the molecule is CCC(CC)(CC)OCN1CCC(O)C(CC(C)(C)C)C1. The molecule has 0 aromatic heterocycles. The Morgan fingerprint density at radius 3 is 2.14 bits per heavy atom. The molecule has 3 heteroatoms. The number of hydrogen-bond donors (Lipinski definition) is 1. The molecule has 1 rings (SSSR count). The highest BCUT2D eigenvalue weighted by molar-refractivity contribution is 4.83. The molecule has 2 unspecified atom stereocenters. The summed E-state index contributed by atoms with van der Waals surface area (Å²) in [5, 5.41) is 10.2. The Kier molecular flexibility index (Phi) is 7.15. The summed E-state index contributed by atoms with van der Waals surface area (Å²) >= 11 is 0. The van der Waals surface area contributed by atoms with Crippen LogP contribution in [0.1, 0.15) is 73.6 Å². The van der Waals surface area contributed by atoms with Gasteiger partial charge in [0.05, 0.1) is 18.4 Å². The maximum Gasteiger partial charge on any atom is 0.0997 e. The highest BCUT2D eigenvalue weighted by Gasteiger charge is 2.32. The van der Waals surface area contributed by atoms with Crippen LogP contribution in [0, 0.1) is 11.3 Å². The first-order valence-corrected chi connectivity index (χ1v) is 8.79. The molecular formula is C18H37NO2. The molecule has 1 saturated heterocycles. The second-order valence-electron chi connectivity index (χ2n) is 7.97. The van der Waals surface area contributed by atoms with Gasteiger partial charge in [-0.1, -0.05) is 41.5 Å². The minimum absolute atomic E-state index is 0.0373. The molecule has 2 atom stereocenters. The first-order valence-electron chi connectivity index (χ1n) is 8.79. The van der Waals surface area contributed by atoms with E-state index in [1.807, 2.05) is 0 Å². The fourth-order valence-electron chi connectivity index (χ4n) is 3.48. The van der Waals surface area contributed by atoms with Crippen molar-refractivity contribution in [2.24, 2.45) is 11.3 Å². The van der Waals surface area contributed by atoms with E-state index < -0.39 is 0 Å². The van der Waals surface area contributed by atoms with Crippen LogP contribution in [-0.4, -0.2) is 41.5 Å². The van der Waals surface area contributed by atoms with Crippen molar-refractivity contribution in [3.63, 3.8) is 0 Å². The fraction of sp³-hybridized carbons (Fsp3) is 1.00. The Bertz CT molecular complexity index is 286. The number of hydrogen-bond acceptors (Lipinski definition) is 3. The lowest BCUT2D eigenvalue weighted by molar-refractivity contribution is -0.119. The predicted octanol–water partition coefficient (Wildman–Crippen LogP) is 4.05.